The molecule has 10 heteroatoms. The van der Waals surface area contributed by atoms with E-state index in [2.05, 4.69) is 27.9 Å². The minimum Gasteiger partial charge on any atom is -0.493 e. The molecule has 3 aromatic carbocycles. The number of hydrogen-bond donors (Lipinski definition) is 1. The Balaban J connectivity index is 1.65. The summed E-state index contributed by atoms with van der Waals surface area (Å²) in [6.45, 7) is 0.244. The molecule has 4 rings (SSSR count). The van der Waals surface area contributed by atoms with E-state index in [0.29, 0.717) is 30.6 Å². The Bertz CT molecular complexity index is 1380. The summed E-state index contributed by atoms with van der Waals surface area (Å²) in [6, 6.07) is 14.8. The fourth-order valence-electron chi connectivity index (χ4n) is 3.42. The maximum Gasteiger partial charge on any atom is 0.336 e. The molecule has 1 fully saturated rings. The number of methoxy groups -OCH3 is 1. The summed E-state index contributed by atoms with van der Waals surface area (Å²) in [5, 5.41) is 2.67. The summed E-state index contributed by atoms with van der Waals surface area (Å²) in [7, 11) is 1.46. The zero-order valence-electron chi connectivity index (χ0n) is 18.2. The summed E-state index contributed by atoms with van der Waals surface area (Å²) in [6.07, 6.45) is 1.31. The molecule has 1 aliphatic rings. The molecule has 0 aliphatic carbocycles. The molecular formula is C25H17ClFIN2O5. The van der Waals surface area contributed by atoms with Gasteiger partial charge in [-0.2, -0.15) is 0 Å². The van der Waals surface area contributed by atoms with Crippen LogP contribution in [0.5, 0.6) is 11.5 Å². The molecule has 3 aromatic rings. The van der Waals surface area contributed by atoms with E-state index in [1.54, 1.807) is 24.3 Å². The Morgan fingerprint density at radius 1 is 1.09 bits per heavy atom. The first-order valence-electron chi connectivity index (χ1n) is 10.2. The van der Waals surface area contributed by atoms with Crippen LogP contribution in [-0.2, 0) is 16.2 Å². The number of carbonyl (C=O) groups is 3. The van der Waals surface area contributed by atoms with Crippen LogP contribution in [0.2, 0.25) is 5.02 Å². The number of benzene rings is 3. The van der Waals surface area contributed by atoms with Crippen molar-refractivity contribution in [2.75, 3.05) is 12.0 Å². The molecule has 1 heterocycles. The molecule has 4 amide bonds. The zero-order chi connectivity index (χ0) is 25.1. The number of nitrogens with zero attached hydrogens (tertiary/aromatic N) is 1. The Labute approximate surface area is 218 Å². The quantitative estimate of drug-likeness (QED) is 0.233. The van der Waals surface area contributed by atoms with Crippen LogP contribution in [-0.4, -0.2) is 25.0 Å². The molecule has 1 saturated heterocycles. The van der Waals surface area contributed by atoms with Gasteiger partial charge in [0.2, 0.25) is 0 Å². The van der Waals surface area contributed by atoms with Crippen molar-refractivity contribution in [3.8, 4) is 11.5 Å². The summed E-state index contributed by atoms with van der Waals surface area (Å²) < 4.78 is 26.3. The average Bonchev–Trinajstić information content (AvgIpc) is 2.82. The summed E-state index contributed by atoms with van der Waals surface area (Å²) in [5.74, 6) is -1.77. The molecule has 178 valence electrons. The van der Waals surface area contributed by atoms with Crippen molar-refractivity contribution in [3.05, 3.63) is 91.8 Å². The molecule has 35 heavy (non-hydrogen) atoms. The Kier molecular flexibility index (Phi) is 7.37. The van der Waals surface area contributed by atoms with Gasteiger partial charge in [-0.3, -0.25) is 14.9 Å². The van der Waals surface area contributed by atoms with Crippen LogP contribution in [0.25, 0.3) is 6.08 Å². The third-order valence-electron chi connectivity index (χ3n) is 5.03. The van der Waals surface area contributed by atoms with Crippen LogP contribution < -0.4 is 19.7 Å². The lowest BCUT2D eigenvalue weighted by Crippen LogP contribution is -2.54. The van der Waals surface area contributed by atoms with Gasteiger partial charge < -0.3 is 9.47 Å². The molecular weight excluding hydrogens is 590 g/mol. The fraction of sp³-hybridized carbons (Fsp3) is 0.0800. The fourth-order valence-corrected chi connectivity index (χ4v) is 4.42. The normalized spacial score (nSPS) is 14.8. The van der Waals surface area contributed by atoms with Crippen LogP contribution >= 0.6 is 34.2 Å². The highest BCUT2D eigenvalue weighted by Crippen LogP contribution is 2.36. The Morgan fingerprint density at radius 3 is 2.57 bits per heavy atom. The minimum atomic E-state index is -1.03. The van der Waals surface area contributed by atoms with E-state index >= 15 is 0 Å². The number of imide groups is 2. The van der Waals surface area contributed by atoms with E-state index in [9.17, 15) is 18.8 Å². The van der Waals surface area contributed by atoms with Gasteiger partial charge in [0, 0.05) is 5.02 Å². The van der Waals surface area contributed by atoms with E-state index < -0.39 is 23.7 Å². The molecule has 1 N–H and O–H groups in total. The SMILES string of the molecule is COc1cc(/C=C2/C(=O)NC(=O)N(c3ccccc3F)C2=O)cc(I)c1OCc1cccc(Cl)c1. The van der Waals surface area contributed by atoms with E-state index in [4.69, 9.17) is 21.1 Å². The van der Waals surface area contributed by atoms with Gasteiger partial charge in [0.05, 0.1) is 16.4 Å². The minimum absolute atomic E-state index is 0.244. The number of urea groups is 1. The van der Waals surface area contributed by atoms with Gasteiger partial charge in [-0.15, -0.1) is 0 Å². The molecule has 0 aromatic heterocycles. The van der Waals surface area contributed by atoms with Crippen LogP contribution in [0.1, 0.15) is 11.1 Å². The average molecular weight is 607 g/mol. The second-order valence-corrected chi connectivity index (χ2v) is 8.96. The highest BCUT2D eigenvalue weighted by atomic mass is 127. The van der Waals surface area contributed by atoms with E-state index in [-0.39, 0.29) is 17.9 Å². The van der Waals surface area contributed by atoms with Gasteiger partial charge in [-0.05, 0) is 76.2 Å². The molecule has 7 nitrogen and oxygen atoms in total. The second kappa shape index (κ2) is 10.4. The van der Waals surface area contributed by atoms with Gasteiger partial charge >= 0.3 is 6.03 Å². The maximum atomic E-state index is 14.3. The van der Waals surface area contributed by atoms with Crippen molar-refractivity contribution < 1.29 is 28.2 Å². The third-order valence-corrected chi connectivity index (χ3v) is 6.07. The first kappa shape index (κ1) is 24.7. The molecule has 0 saturated carbocycles. The molecule has 1 aliphatic heterocycles. The van der Waals surface area contributed by atoms with Crippen molar-refractivity contribution in [1.82, 2.24) is 5.32 Å². The number of anilines is 1. The second-order valence-electron chi connectivity index (χ2n) is 7.36. The van der Waals surface area contributed by atoms with Crippen molar-refractivity contribution in [2.24, 2.45) is 0 Å². The predicted octanol–water partition coefficient (Wildman–Crippen LogP) is 5.34. The number of rotatable bonds is 6. The predicted molar refractivity (Wildman–Crippen MR) is 137 cm³/mol. The number of para-hydroxylation sites is 1. The topological polar surface area (TPSA) is 84.9 Å². The van der Waals surface area contributed by atoms with E-state index in [1.807, 2.05) is 12.1 Å². The molecule has 0 bridgehead atoms. The van der Waals surface area contributed by atoms with Gasteiger partial charge in [0.15, 0.2) is 11.5 Å². The lowest BCUT2D eigenvalue weighted by atomic mass is 10.1. The molecule has 0 radical (unpaired) electrons. The highest BCUT2D eigenvalue weighted by molar-refractivity contribution is 14.1. The molecule has 0 spiro atoms. The third kappa shape index (κ3) is 5.30. The highest BCUT2D eigenvalue weighted by Gasteiger charge is 2.38. The lowest BCUT2D eigenvalue weighted by Gasteiger charge is -2.26. The van der Waals surface area contributed by atoms with Gasteiger partial charge in [0.1, 0.15) is 18.0 Å². The Morgan fingerprint density at radius 2 is 1.86 bits per heavy atom. The number of ether oxygens (including phenoxy) is 2. The van der Waals surface area contributed by atoms with E-state index in [0.717, 1.165) is 11.6 Å². The van der Waals surface area contributed by atoms with Crippen LogP contribution in [0, 0.1) is 9.39 Å². The lowest BCUT2D eigenvalue weighted by molar-refractivity contribution is -0.122. The van der Waals surface area contributed by atoms with Crippen LogP contribution in [0.15, 0.2) is 66.2 Å². The van der Waals surface area contributed by atoms with Crippen molar-refractivity contribution >= 4 is 63.8 Å². The summed E-state index contributed by atoms with van der Waals surface area (Å²) in [4.78, 5) is 38.4. The van der Waals surface area contributed by atoms with Crippen LogP contribution in [0.4, 0.5) is 14.9 Å². The number of barbiturate groups is 1. The van der Waals surface area contributed by atoms with Gasteiger partial charge in [-0.1, -0.05) is 35.9 Å². The molecule has 0 atom stereocenters. The van der Waals surface area contributed by atoms with Crippen molar-refractivity contribution in [1.29, 1.82) is 0 Å². The van der Waals surface area contributed by atoms with Crippen molar-refractivity contribution in [2.45, 2.75) is 6.61 Å². The number of nitrogens with one attached hydrogen (secondary N) is 1. The van der Waals surface area contributed by atoms with Crippen molar-refractivity contribution in [3.63, 3.8) is 0 Å². The largest absolute Gasteiger partial charge is 0.493 e. The van der Waals surface area contributed by atoms with Crippen LogP contribution in [0.3, 0.4) is 0 Å². The maximum absolute atomic E-state index is 14.3. The number of amides is 4. The number of carbonyl (C=O) groups excluding carboxylic acids is 3. The monoisotopic (exact) mass is 606 g/mol. The first-order valence-corrected chi connectivity index (χ1v) is 11.6. The van der Waals surface area contributed by atoms with Gasteiger partial charge in [-0.25, -0.2) is 14.1 Å². The number of hydrogen-bond acceptors (Lipinski definition) is 5. The summed E-state index contributed by atoms with van der Waals surface area (Å²) >= 11 is 8.08. The summed E-state index contributed by atoms with van der Waals surface area (Å²) in [5.41, 5.74) is 0.718. The van der Waals surface area contributed by atoms with E-state index in [1.165, 1.54) is 31.4 Å². The smallest absolute Gasteiger partial charge is 0.336 e. The first-order chi connectivity index (χ1) is 16.8. The number of halogens is 3. The Hall–Kier alpha value is -3.44. The molecule has 0 unspecified atom stereocenters. The zero-order valence-corrected chi connectivity index (χ0v) is 21.1. The standard InChI is InChI=1S/C25H17ClFIN2O5/c1-34-21-12-15(11-19(28)22(21)35-13-14-5-4-6-16(26)9-14)10-17-23(31)29-25(33)30(24(17)32)20-8-3-2-7-18(20)27/h2-12H,13H2,1H3,(H,29,31,33)/b17-10-. The van der Waals surface area contributed by atoms with Gasteiger partial charge in [0.25, 0.3) is 11.8 Å².